The Labute approximate surface area is 153 Å². The zero-order valence-corrected chi connectivity index (χ0v) is 15.4. The Morgan fingerprint density at radius 2 is 2.08 bits per heavy atom. The van der Waals surface area contributed by atoms with Crippen molar-refractivity contribution in [3.05, 3.63) is 46.6 Å². The Balaban J connectivity index is 2.23. The van der Waals surface area contributed by atoms with Crippen molar-refractivity contribution < 1.29 is 14.2 Å². The molecule has 0 radical (unpaired) electrons. The van der Waals surface area contributed by atoms with Crippen LogP contribution in [0.2, 0.25) is 0 Å². The van der Waals surface area contributed by atoms with Crippen LogP contribution in [0.25, 0.3) is 0 Å². The van der Waals surface area contributed by atoms with Crippen molar-refractivity contribution in [2.45, 2.75) is 20.5 Å². The Morgan fingerprint density at radius 1 is 1.27 bits per heavy atom. The van der Waals surface area contributed by atoms with Crippen LogP contribution in [0.3, 0.4) is 0 Å². The lowest BCUT2D eigenvalue weighted by atomic mass is 10.1. The molecular formula is C19H22N4O3. The number of ether oxygens (including phenoxy) is 3. The van der Waals surface area contributed by atoms with E-state index in [1.54, 1.807) is 20.4 Å². The van der Waals surface area contributed by atoms with Crippen LogP contribution >= 0.6 is 0 Å². The van der Waals surface area contributed by atoms with Gasteiger partial charge in [-0.25, -0.2) is 4.98 Å². The molecule has 1 aromatic carbocycles. The highest BCUT2D eigenvalue weighted by atomic mass is 16.5. The van der Waals surface area contributed by atoms with Gasteiger partial charge < -0.3 is 14.2 Å². The summed E-state index contributed by atoms with van der Waals surface area (Å²) in [4.78, 5) is 4.34. The summed E-state index contributed by atoms with van der Waals surface area (Å²) in [6, 6.07) is 9.48. The second kappa shape index (κ2) is 9.39. The molecule has 1 aromatic heterocycles. The Bertz CT molecular complexity index is 828. The molecule has 2 rings (SSSR count). The summed E-state index contributed by atoms with van der Waals surface area (Å²) >= 11 is 0. The number of rotatable bonds is 8. The number of methoxy groups -OCH3 is 2. The minimum atomic E-state index is 0.334. The quantitative estimate of drug-likeness (QED) is 0.578. The number of nitrogens with zero attached hydrogens (tertiary/aromatic N) is 3. The first-order valence-corrected chi connectivity index (χ1v) is 8.12. The molecule has 1 N–H and O–H groups in total. The number of nitriles is 1. The lowest BCUT2D eigenvalue weighted by molar-refractivity contribution is 0.184. The smallest absolute Gasteiger partial charge is 0.164 e. The van der Waals surface area contributed by atoms with Crippen LogP contribution in [0.5, 0.6) is 11.5 Å². The predicted octanol–water partition coefficient (Wildman–Crippen LogP) is 3.26. The minimum absolute atomic E-state index is 0.334. The number of anilines is 1. The average molecular weight is 354 g/mol. The molecule has 0 fully saturated rings. The van der Waals surface area contributed by atoms with Crippen LogP contribution in [0, 0.1) is 18.3 Å². The molecule has 1 heterocycles. The molecule has 0 saturated carbocycles. The predicted molar refractivity (Wildman–Crippen MR) is 99.8 cm³/mol. The first-order valence-electron chi connectivity index (χ1n) is 8.12. The van der Waals surface area contributed by atoms with Crippen LogP contribution in [-0.4, -0.2) is 32.0 Å². The van der Waals surface area contributed by atoms with Crippen molar-refractivity contribution in [2.75, 3.05) is 26.3 Å². The van der Waals surface area contributed by atoms with Crippen LogP contribution < -0.4 is 14.9 Å². The summed E-state index contributed by atoms with van der Waals surface area (Å²) in [6.45, 7) is 4.64. The van der Waals surface area contributed by atoms with Crippen molar-refractivity contribution in [2.24, 2.45) is 5.10 Å². The summed E-state index contributed by atoms with van der Waals surface area (Å²) in [7, 11) is 3.18. The Hall–Kier alpha value is -3.11. The number of hydrogen-bond acceptors (Lipinski definition) is 7. The molecule has 0 aliphatic carbocycles. The molecule has 0 unspecified atom stereocenters. The topological polar surface area (TPSA) is 88.8 Å². The monoisotopic (exact) mass is 354 g/mol. The van der Waals surface area contributed by atoms with E-state index in [9.17, 15) is 5.26 Å². The highest BCUT2D eigenvalue weighted by molar-refractivity contribution is 5.81. The molecule has 0 amide bonds. The molecular weight excluding hydrogens is 332 g/mol. The van der Waals surface area contributed by atoms with Gasteiger partial charge >= 0.3 is 0 Å². The molecule has 136 valence electrons. The first-order chi connectivity index (χ1) is 12.6. The van der Waals surface area contributed by atoms with E-state index in [4.69, 9.17) is 14.2 Å². The molecule has 26 heavy (non-hydrogen) atoms. The summed E-state index contributed by atoms with van der Waals surface area (Å²) < 4.78 is 16.0. The molecule has 0 atom stereocenters. The second-order valence-electron chi connectivity index (χ2n) is 5.40. The maximum absolute atomic E-state index is 9.42. The lowest BCUT2D eigenvalue weighted by Gasteiger charge is -2.10. The lowest BCUT2D eigenvalue weighted by Crippen LogP contribution is -2.03. The third kappa shape index (κ3) is 4.71. The Kier molecular flexibility index (Phi) is 6.94. The van der Waals surface area contributed by atoms with Gasteiger partial charge in [0.25, 0.3) is 0 Å². The normalized spacial score (nSPS) is 10.6. The van der Waals surface area contributed by atoms with Gasteiger partial charge in [0.2, 0.25) is 0 Å². The fourth-order valence-corrected chi connectivity index (χ4v) is 2.43. The average Bonchev–Trinajstić information content (AvgIpc) is 2.62. The molecule has 7 heteroatoms. The van der Waals surface area contributed by atoms with E-state index in [1.807, 2.05) is 38.1 Å². The summed E-state index contributed by atoms with van der Waals surface area (Å²) in [5.41, 5.74) is 5.62. The SMILES string of the molecule is CCOc1cc(/C=N/Nc2nc(C)cc(COC)c2C#N)ccc1OC. The fraction of sp³-hybridized carbons (Fsp3) is 0.316. The second-order valence-corrected chi connectivity index (χ2v) is 5.40. The summed E-state index contributed by atoms with van der Waals surface area (Å²) in [5, 5.41) is 13.6. The maximum atomic E-state index is 9.42. The van der Waals surface area contributed by atoms with E-state index < -0.39 is 0 Å². The van der Waals surface area contributed by atoms with E-state index in [1.165, 1.54) is 0 Å². The van der Waals surface area contributed by atoms with Crippen molar-refractivity contribution in [3.8, 4) is 17.6 Å². The molecule has 0 aliphatic heterocycles. The van der Waals surface area contributed by atoms with Crippen molar-refractivity contribution in [3.63, 3.8) is 0 Å². The van der Waals surface area contributed by atoms with Crippen molar-refractivity contribution >= 4 is 12.0 Å². The number of pyridine rings is 1. The van der Waals surface area contributed by atoms with Crippen molar-refractivity contribution in [1.82, 2.24) is 4.98 Å². The molecule has 2 aromatic rings. The third-order valence-corrected chi connectivity index (χ3v) is 3.51. The molecule has 0 spiro atoms. The third-order valence-electron chi connectivity index (χ3n) is 3.51. The van der Waals surface area contributed by atoms with Gasteiger partial charge in [-0.1, -0.05) is 0 Å². The van der Waals surface area contributed by atoms with Gasteiger partial charge in [-0.3, -0.25) is 5.43 Å². The summed E-state index contributed by atoms with van der Waals surface area (Å²) in [6.07, 6.45) is 1.63. The van der Waals surface area contributed by atoms with Crippen LogP contribution in [0.1, 0.15) is 29.3 Å². The van der Waals surface area contributed by atoms with Crippen LogP contribution in [0.4, 0.5) is 5.82 Å². The fourth-order valence-electron chi connectivity index (χ4n) is 2.43. The van der Waals surface area contributed by atoms with Gasteiger partial charge in [0.05, 0.1) is 26.5 Å². The molecule has 7 nitrogen and oxygen atoms in total. The first kappa shape index (κ1) is 19.2. The largest absolute Gasteiger partial charge is 0.493 e. The number of nitrogens with one attached hydrogen (secondary N) is 1. The number of benzene rings is 1. The zero-order chi connectivity index (χ0) is 18.9. The van der Waals surface area contributed by atoms with Gasteiger partial charge in [-0.2, -0.15) is 10.4 Å². The van der Waals surface area contributed by atoms with Gasteiger partial charge in [0.15, 0.2) is 17.3 Å². The van der Waals surface area contributed by atoms with Crippen LogP contribution in [0.15, 0.2) is 29.4 Å². The Morgan fingerprint density at radius 3 is 2.73 bits per heavy atom. The van der Waals surface area contributed by atoms with E-state index in [-0.39, 0.29) is 0 Å². The standard InChI is InChI=1S/C19H22N4O3/c1-5-26-18-9-14(6-7-17(18)25-4)11-21-23-19-16(10-20)15(12-24-3)8-13(2)22-19/h6-9,11H,5,12H2,1-4H3,(H,22,23)/b21-11+. The van der Waals surface area contributed by atoms with Gasteiger partial charge in [-0.05, 0) is 43.7 Å². The van der Waals surface area contributed by atoms with Gasteiger partial charge in [0, 0.05) is 18.4 Å². The van der Waals surface area contributed by atoms with Gasteiger partial charge in [0.1, 0.15) is 11.6 Å². The van der Waals surface area contributed by atoms with E-state index >= 15 is 0 Å². The van der Waals surface area contributed by atoms with E-state index in [0.717, 1.165) is 16.8 Å². The number of aromatic nitrogens is 1. The van der Waals surface area contributed by atoms with Crippen molar-refractivity contribution in [1.29, 1.82) is 5.26 Å². The van der Waals surface area contributed by atoms with E-state index in [0.29, 0.717) is 36.1 Å². The molecule has 0 bridgehead atoms. The van der Waals surface area contributed by atoms with Gasteiger partial charge in [-0.15, -0.1) is 0 Å². The minimum Gasteiger partial charge on any atom is -0.493 e. The number of hydrogen-bond donors (Lipinski definition) is 1. The van der Waals surface area contributed by atoms with E-state index in [2.05, 4.69) is 21.6 Å². The zero-order valence-electron chi connectivity index (χ0n) is 15.4. The number of hydrazone groups is 1. The number of aryl methyl sites for hydroxylation is 1. The highest BCUT2D eigenvalue weighted by Gasteiger charge is 2.11. The molecule has 0 saturated heterocycles. The molecule has 0 aliphatic rings. The maximum Gasteiger partial charge on any atom is 0.164 e. The summed E-state index contributed by atoms with van der Waals surface area (Å²) in [5.74, 6) is 1.70. The highest BCUT2D eigenvalue weighted by Crippen LogP contribution is 2.27. The van der Waals surface area contributed by atoms with Crippen LogP contribution in [-0.2, 0) is 11.3 Å².